The van der Waals surface area contributed by atoms with Crippen LogP contribution in [-0.4, -0.2) is 42.5 Å². The topological polar surface area (TPSA) is 78.2 Å². The van der Waals surface area contributed by atoms with Crippen molar-refractivity contribution in [2.75, 3.05) is 26.7 Å². The molecule has 0 aliphatic heterocycles. The van der Waals surface area contributed by atoms with Crippen LogP contribution in [0.5, 0.6) is 5.75 Å². The molecule has 0 bridgehead atoms. The number of likely N-dealkylation sites (N-methyl/N-ethyl adjacent to an activating group) is 1. The SMILES string of the molecule is CCN(/C=C(/C#N)C(=O)NCCc1ccc(OC)cc1)CCc1ccncc1. The van der Waals surface area contributed by atoms with Crippen molar-refractivity contribution in [2.45, 2.75) is 19.8 Å². The summed E-state index contributed by atoms with van der Waals surface area (Å²) in [4.78, 5) is 18.3. The van der Waals surface area contributed by atoms with E-state index in [1.165, 1.54) is 5.56 Å². The molecular weight excluding hydrogens is 352 g/mol. The lowest BCUT2D eigenvalue weighted by Crippen LogP contribution is -2.29. The summed E-state index contributed by atoms with van der Waals surface area (Å²) >= 11 is 0. The summed E-state index contributed by atoms with van der Waals surface area (Å²) in [5.74, 6) is 0.451. The highest BCUT2D eigenvalue weighted by Crippen LogP contribution is 2.11. The second-order valence-electron chi connectivity index (χ2n) is 6.24. The fraction of sp³-hybridized carbons (Fsp3) is 0.318. The second-order valence-corrected chi connectivity index (χ2v) is 6.24. The molecule has 0 radical (unpaired) electrons. The van der Waals surface area contributed by atoms with E-state index in [0.29, 0.717) is 13.0 Å². The number of amides is 1. The van der Waals surface area contributed by atoms with E-state index in [2.05, 4.69) is 10.3 Å². The van der Waals surface area contributed by atoms with Gasteiger partial charge in [0.2, 0.25) is 0 Å². The van der Waals surface area contributed by atoms with Crippen LogP contribution in [0.25, 0.3) is 0 Å². The first-order valence-corrected chi connectivity index (χ1v) is 9.32. The van der Waals surface area contributed by atoms with Crippen molar-refractivity contribution in [1.82, 2.24) is 15.2 Å². The van der Waals surface area contributed by atoms with Gasteiger partial charge in [0.05, 0.1) is 7.11 Å². The molecule has 0 saturated heterocycles. The Morgan fingerprint density at radius 2 is 1.86 bits per heavy atom. The Kier molecular flexibility index (Phi) is 8.54. The molecule has 0 fully saturated rings. The van der Waals surface area contributed by atoms with Crippen molar-refractivity contribution in [1.29, 1.82) is 5.26 Å². The Balaban J connectivity index is 1.86. The third kappa shape index (κ3) is 6.76. The molecule has 1 heterocycles. The van der Waals surface area contributed by atoms with Crippen molar-refractivity contribution >= 4 is 5.91 Å². The molecule has 2 rings (SSSR count). The van der Waals surface area contributed by atoms with Gasteiger partial charge in [-0.3, -0.25) is 9.78 Å². The maximum atomic E-state index is 12.3. The number of aromatic nitrogens is 1. The quantitative estimate of drug-likeness (QED) is 0.508. The number of carbonyl (C=O) groups excluding carboxylic acids is 1. The minimum atomic E-state index is -0.349. The van der Waals surface area contributed by atoms with Crippen LogP contribution in [0.4, 0.5) is 0 Å². The molecule has 6 heteroatoms. The maximum absolute atomic E-state index is 12.3. The van der Waals surface area contributed by atoms with E-state index in [-0.39, 0.29) is 11.5 Å². The Morgan fingerprint density at radius 3 is 2.46 bits per heavy atom. The number of rotatable bonds is 10. The Bertz CT molecular complexity index is 811. The largest absolute Gasteiger partial charge is 0.497 e. The molecule has 0 unspecified atom stereocenters. The van der Waals surface area contributed by atoms with Gasteiger partial charge < -0.3 is 15.0 Å². The number of hydrogen-bond acceptors (Lipinski definition) is 5. The van der Waals surface area contributed by atoms with Gasteiger partial charge in [0.15, 0.2) is 0 Å². The fourth-order valence-corrected chi connectivity index (χ4v) is 2.66. The molecule has 6 nitrogen and oxygen atoms in total. The molecule has 1 aromatic carbocycles. The fourth-order valence-electron chi connectivity index (χ4n) is 2.66. The zero-order valence-electron chi connectivity index (χ0n) is 16.4. The molecule has 0 atom stereocenters. The van der Waals surface area contributed by atoms with Crippen LogP contribution in [0.3, 0.4) is 0 Å². The van der Waals surface area contributed by atoms with Gasteiger partial charge in [-0.2, -0.15) is 5.26 Å². The Labute approximate surface area is 166 Å². The number of benzene rings is 1. The summed E-state index contributed by atoms with van der Waals surface area (Å²) in [5, 5.41) is 12.2. The van der Waals surface area contributed by atoms with Gasteiger partial charge in [-0.05, 0) is 55.2 Å². The van der Waals surface area contributed by atoms with E-state index in [9.17, 15) is 10.1 Å². The van der Waals surface area contributed by atoms with E-state index in [4.69, 9.17) is 4.74 Å². The number of ether oxygens (including phenoxy) is 1. The van der Waals surface area contributed by atoms with Gasteiger partial charge in [-0.15, -0.1) is 0 Å². The van der Waals surface area contributed by atoms with E-state index in [1.807, 2.05) is 54.3 Å². The molecule has 146 valence electrons. The van der Waals surface area contributed by atoms with Crippen molar-refractivity contribution < 1.29 is 9.53 Å². The van der Waals surface area contributed by atoms with Crippen LogP contribution in [0.1, 0.15) is 18.1 Å². The zero-order chi connectivity index (χ0) is 20.2. The molecule has 0 saturated carbocycles. The maximum Gasteiger partial charge on any atom is 0.263 e. The van der Waals surface area contributed by atoms with Crippen LogP contribution in [0.2, 0.25) is 0 Å². The molecular formula is C22H26N4O2. The highest BCUT2D eigenvalue weighted by atomic mass is 16.5. The first-order valence-electron chi connectivity index (χ1n) is 9.32. The van der Waals surface area contributed by atoms with Gasteiger partial charge >= 0.3 is 0 Å². The predicted molar refractivity (Wildman–Crippen MR) is 109 cm³/mol. The number of methoxy groups -OCH3 is 1. The minimum Gasteiger partial charge on any atom is -0.497 e. The average molecular weight is 378 g/mol. The number of nitrogens with zero attached hydrogens (tertiary/aromatic N) is 3. The van der Waals surface area contributed by atoms with E-state index in [1.54, 1.807) is 25.7 Å². The van der Waals surface area contributed by atoms with Crippen LogP contribution in [0.15, 0.2) is 60.6 Å². The number of nitrogens with one attached hydrogen (secondary N) is 1. The number of hydrogen-bond donors (Lipinski definition) is 1. The minimum absolute atomic E-state index is 0.117. The molecule has 1 aromatic heterocycles. The first-order chi connectivity index (χ1) is 13.7. The van der Waals surface area contributed by atoms with E-state index in [0.717, 1.165) is 30.8 Å². The van der Waals surface area contributed by atoms with Gasteiger partial charge in [-0.25, -0.2) is 0 Å². The lowest BCUT2D eigenvalue weighted by molar-refractivity contribution is -0.117. The number of carbonyl (C=O) groups is 1. The molecule has 1 amide bonds. The summed E-state index contributed by atoms with van der Waals surface area (Å²) in [6, 6.07) is 13.6. The highest BCUT2D eigenvalue weighted by molar-refractivity contribution is 5.97. The highest BCUT2D eigenvalue weighted by Gasteiger charge is 2.10. The molecule has 0 spiro atoms. The van der Waals surface area contributed by atoms with E-state index >= 15 is 0 Å². The lowest BCUT2D eigenvalue weighted by Gasteiger charge is -2.18. The van der Waals surface area contributed by atoms with Crippen LogP contribution in [-0.2, 0) is 17.6 Å². The summed E-state index contributed by atoms with van der Waals surface area (Å²) in [6.07, 6.45) is 6.68. The molecule has 0 aliphatic carbocycles. The molecule has 0 aliphatic rings. The van der Waals surface area contributed by atoms with Crippen LogP contribution >= 0.6 is 0 Å². The standard InChI is InChI=1S/C22H26N4O2/c1-3-26(15-11-19-8-12-24-13-9-19)17-20(16-23)22(27)25-14-10-18-4-6-21(28-2)7-5-18/h4-9,12-13,17H,3,10-11,14-15H2,1-2H3,(H,25,27)/b20-17-. The van der Waals surface area contributed by atoms with Gasteiger partial charge in [0.25, 0.3) is 5.91 Å². The predicted octanol–water partition coefficient (Wildman–Crippen LogP) is 2.72. The Morgan fingerprint density at radius 1 is 1.18 bits per heavy atom. The number of nitriles is 1. The molecule has 2 aromatic rings. The van der Waals surface area contributed by atoms with Crippen molar-refractivity contribution in [3.05, 3.63) is 71.7 Å². The van der Waals surface area contributed by atoms with Crippen LogP contribution in [0, 0.1) is 11.3 Å². The molecule has 28 heavy (non-hydrogen) atoms. The van der Waals surface area contributed by atoms with Gasteiger partial charge in [-0.1, -0.05) is 12.1 Å². The summed E-state index contributed by atoms with van der Waals surface area (Å²) in [7, 11) is 1.63. The number of pyridine rings is 1. The summed E-state index contributed by atoms with van der Waals surface area (Å²) in [5.41, 5.74) is 2.38. The monoisotopic (exact) mass is 378 g/mol. The van der Waals surface area contributed by atoms with Gasteiger partial charge in [0, 0.05) is 38.2 Å². The second kappa shape index (κ2) is 11.4. The van der Waals surface area contributed by atoms with Crippen molar-refractivity contribution in [3.8, 4) is 11.8 Å². The average Bonchev–Trinajstić information content (AvgIpc) is 2.75. The summed E-state index contributed by atoms with van der Waals surface area (Å²) < 4.78 is 5.13. The lowest BCUT2D eigenvalue weighted by atomic mass is 10.1. The van der Waals surface area contributed by atoms with Gasteiger partial charge in [0.1, 0.15) is 17.4 Å². The zero-order valence-corrected chi connectivity index (χ0v) is 16.4. The normalized spacial score (nSPS) is 10.8. The smallest absolute Gasteiger partial charge is 0.263 e. The van der Waals surface area contributed by atoms with E-state index < -0.39 is 0 Å². The first kappa shape index (κ1) is 21.0. The van der Waals surface area contributed by atoms with Crippen molar-refractivity contribution in [2.24, 2.45) is 0 Å². The third-order valence-electron chi connectivity index (χ3n) is 4.38. The van der Waals surface area contributed by atoms with Crippen molar-refractivity contribution in [3.63, 3.8) is 0 Å². The summed E-state index contributed by atoms with van der Waals surface area (Å²) in [6.45, 7) is 3.91. The third-order valence-corrected chi connectivity index (χ3v) is 4.38. The van der Waals surface area contributed by atoms with Crippen LogP contribution < -0.4 is 10.1 Å². The Hall–Kier alpha value is -3.33. The molecule has 1 N–H and O–H groups in total.